The van der Waals surface area contributed by atoms with Crippen molar-refractivity contribution < 1.29 is 19.6 Å². The van der Waals surface area contributed by atoms with Crippen molar-refractivity contribution in [3.63, 3.8) is 0 Å². The minimum atomic E-state index is -0.717. The molecule has 0 aliphatic carbocycles. The van der Waals surface area contributed by atoms with E-state index in [-0.39, 0.29) is 28.4 Å². The number of benzene rings is 2. The minimum absolute atomic E-state index is 0.0862. The molecule has 0 aliphatic rings. The first kappa shape index (κ1) is 18.3. The van der Waals surface area contributed by atoms with Crippen LogP contribution in [0.4, 0.5) is 17.1 Å². The normalized spacial score (nSPS) is 10.5. The number of non-ortho nitro benzene ring substituents is 1. The predicted molar refractivity (Wildman–Crippen MR) is 93.7 cm³/mol. The molecule has 9 nitrogen and oxygen atoms in total. The molecule has 0 aliphatic heterocycles. The Labute approximate surface area is 148 Å². The maximum Gasteiger partial charge on any atom is 0.273 e. The van der Waals surface area contributed by atoms with Crippen molar-refractivity contribution in [1.82, 2.24) is 0 Å². The molecule has 0 unspecified atom stereocenters. The van der Waals surface area contributed by atoms with E-state index in [0.29, 0.717) is 5.69 Å². The average Bonchev–Trinajstić information content (AvgIpc) is 2.63. The average molecular weight is 354 g/mol. The number of nitro groups is 1. The molecule has 0 aromatic heterocycles. The van der Waals surface area contributed by atoms with E-state index in [1.54, 1.807) is 18.2 Å². The van der Waals surface area contributed by atoms with Gasteiger partial charge < -0.3 is 20.5 Å². The van der Waals surface area contributed by atoms with E-state index >= 15 is 0 Å². The molecule has 0 saturated heterocycles. The molecule has 2 aromatic rings. The highest BCUT2D eigenvalue weighted by atomic mass is 16.6. The van der Waals surface area contributed by atoms with Gasteiger partial charge in [-0.2, -0.15) is 5.26 Å². The highest BCUT2D eigenvalue weighted by Crippen LogP contribution is 2.29. The van der Waals surface area contributed by atoms with Crippen LogP contribution in [0.25, 0.3) is 0 Å². The first-order valence-corrected chi connectivity index (χ1v) is 7.24. The fourth-order valence-corrected chi connectivity index (χ4v) is 1.95. The van der Waals surface area contributed by atoms with Crippen LogP contribution >= 0.6 is 0 Å². The van der Waals surface area contributed by atoms with Gasteiger partial charge >= 0.3 is 0 Å². The Hall–Kier alpha value is -4.06. The van der Waals surface area contributed by atoms with Crippen molar-refractivity contribution in [1.29, 1.82) is 5.26 Å². The van der Waals surface area contributed by atoms with Gasteiger partial charge in [0.15, 0.2) is 0 Å². The molecule has 0 atom stereocenters. The Kier molecular flexibility index (Phi) is 5.74. The van der Waals surface area contributed by atoms with E-state index in [0.717, 1.165) is 0 Å². The number of carbonyl (C=O) groups excluding carboxylic acids is 1. The minimum Gasteiger partial charge on any atom is -0.508 e. The van der Waals surface area contributed by atoms with Crippen LogP contribution < -0.4 is 15.4 Å². The molecule has 2 aromatic carbocycles. The van der Waals surface area contributed by atoms with Crippen LogP contribution in [-0.4, -0.2) is 23.0 Å². The van der Waals surface area contributed by atoms with Crippen LogP contribution in [0.3, 0.4) is 0 Å². The quantitative estimate of drug-likeness (QED) is 0.238. The van der Waals surface area contributed by atoms with Crippen LogP contribution in [0.15, 0.2) is 54.2 Å². The summed E-state index contributed by atoms with van der Waals surface area (Å²) in [7, 11) is 1.31. The number of nitriles is 1. The standard InChI is InChI=1S/C17H14N4O5/c1-26-16-8-13(21(24)25)4-7-15(16)20-17(23)11(9-18)10-19-12-2-5-14(22)6-3-12/h2-8,10,19,22H,1H3,(H,20,23)/b11-10-. The zero-order chi connectivity index (χ0) is 19.1. The largest absolute Gasteiger partial charge is 0.508 e. The van der Waals surface area contributed by atoms with Crippen molar-refractivity contribution in [2.24, 2.45) is 0 Å². The van der Waals surface area contributed by atoms with Crippen LogP contribution in [0.2, 0.25) is 0 Å². The van der Waals surface area contributed by atoms with Gasteiger partial charge in [0.1, 0.15) is 23.1 Å². The van der Waals surface area contributed by atoms with Gasteiger partial charge in [-0.3, -0.25) is 14.9 Å². The lowest BCUT2D eigenvalue weighted by atomic mass is 10.2. The molecule has 0 heterocycles. The fourth-order valence-electron chi connectivity index (χ4n) is 1.95. The first-order chi connectivity index (χ1) is 12.4. The molecule has 0 radical (unpaired) electrons. The van der Waals surface area contributed by atoms with Gasteiger partial charge in [0.05, 0.1) is 23.8 Å². The molecule has 1 amide bonds. The Bertz CT molecular complexity index is 900. The van der Waals surface area contributed by atoms with E-state index in [1.807, 2.05) is 0 Å². The molecule has 0 bridgehead atoms. The third kappa shape index (κ3) is 4.48. The molecule has 0 saturated carbocycles. The summed E-state index contributed by atoms with van der Waals surface area (Å²) in [6, 6.07) is 11.5. The Balaban J connectivity index is 2.16. The van der Waals surface area contributed by atoms with E-state index in [4.69, 9.17) is 10.00 Å². The van der Waals surface area contributed by atoms with Gasteiger partial charge in [0.2, 0.25) is 0 Å². The van der Waals surface area contributed by atoms with E-state index in [2.05, 4.69) is 10.6 Å². The summed E-state index contributed by atoms with van der Waals surface area (Å²) in [5.41, 5.74) is 0.341. The SMILES string of the molecule is COc1cc([N+](=O)[O-])ccc1NC(=O)/C(C#N)=C\Nc1ccc(O)cc1. The summed E-state index contributed by atoms with van der Waals surface area (Å²) in [5.74, 6) is -0.537. The first-order valence-electron chi connectivity index (χ1n) is 7.24. The molecular weight excluding hydrogens is 340 g/mol. The number of rotatable bonds is 6. The van der Waals surface area contributed by atoms with Crippen molar-refractivity contribution in [3.8, 4) is 17.6 Å². The Morgan fingerprint density at radius 3 is 2.58 bits per heavy atom. The lowest BCUT2D eigenvalue weighted by molar-refractivity contribution is -0.384. The van der Waals surface area contributed by atoms with Crippen molar-refractivity contribution in [3.05, 3.63) is 64.4 Å². The maximum atomic E-state index is 12.2. The number of amides is 1. The third-order valence-corrected chi connectivity index (χ3v) is 3.26. The smallest absolute Gasteiger partial charge is 0.273 e. The number of hydrogen-bond acceptors (Lipinski definition) is 7. The zero-order valence-electron chi connectivity index (χ0n) is 13.6. The Morgan fingerprint density at radius 1 is 1.31 bits per heavy atom. The number of nitro benzene ring substituents is 1. The second-order valence-electron chi connectivity index (χ2n) is 4.96. The second kappa shape index (κ2) is 8.16. The van der Waals surface area contributed by atoms with Crippen LogP contribution in [0, 0.1) is 21.4 Å². The summed E-state index contributed by atoms with van der Waals surface area (Å²) in [4.78, 5) is 22.4. The Morgan fingerprint density at radius 2 is 2.00 bits per heavy atom. The second-order valence-corrected chi connectivity index (χ2v) is 4.96. The number of aromatic hydroxyl groups is 1. The lowest BCUT2D eigenvalue weighted by Gasteiger charge is -2.09. The zero-order valence-corrected chi connectivity index (χ0v) is 13.6. The highest BCUT2D eigenvalue weighted by molar-refractivity contribution is 6.07. The summed E-state index contributed by atoms with van der Waals surface area (Å²) >= 11 is 0. The number of phenolic OH excluding ortho intramolecular Hbond substituents is 1. The molecule has 3 N–H and O–H groups in total. The van der Waals surface area contributed by atoms with Gasteiger partial charge in [0, 0.05) is 18.0 Å². The van der Waals surface area contributed by atoms with Gasteiger partial charge in [-0.05, 0) is 30.3 Å². The van der Waals surface area contributed by atoms with E-state index in [9.17, 15) is 20.0 Å². The lowest BCUT2D eigenvalue weighted by Crippen LogP contribution is -2.15. The fraction of sp³-hybridized carbons (Fsp3) is 0.0588. The van der Waals surface area contributed by atoms with E-state index < -0.39 is 10.8 Å². The summed E-state index contributed by atoms with van der Waals surface area (Å²) < 4.78 is 5.03. The monoisotopic (exact) mass is 354 g/mol. The molecule has 9 heteroatoms. The predicted octanol–water partition coefficient (Wildman–Crippen LogP) is 2.77. The van der Waals surface area contributed by atoms with Gasteiger partial charge in [-0.15, -0.1) is 0 Å². The third-order valence-electron chi connectivity index (χ3n) is 3.26. The number of phenols is 1. The van der Waals surface area contributed by atoms with Crippen molar-refractivity contribution in [2.75, 3.05) is 17.7 Å². The summed E-state index contributed by atoms with van der Waals surface area (Å²) in [5, 5.41) is 34.4. The molecule has 26 heavy (non-hydrogen) atoms. The maximum absolute atomic E-state index is 12.2. The van der Waals surface area contributed by atoms with Gasteiger partial charge in [0.25, 0.3) is 11.6 Å². The topological polar surface area (TPSA) is 138 Å². The highest BCUT2D eigenvalue weighted by Gasteiger charge is 2.15. The molecular formula is C17H14N4O5. The summed E-state index contributed by atoms with van der Waals surface area (Å²) in [6.07, 6.45) is 1.21. The number of anilines is 2. The molecule has 2 rings (SSSR count). The molecule has 0 spiro atoms. The van der Waals surface area contributed by atoms with Crippen molar-refractivity contribution in [2.45, 2.75) is 0 Å². The van der Waals surface area contributed by atoms with Crippen molar-refractivity contribution >= 4 is 23.0 Å². The number of hydrogen-bond donors (Lipinski definition) is 3. The number of ether oxygens (including phenoxy) is 1. The number of nitrogens with zero attached hydrogens (tertiary/aromatic N) is 2. The van der Waals surface area contributed by atoms with Crippen LogP contribution in [0.5, 0.6) is 11.5 Å². The summed E-state index contributed by atoms with van der Waals surface area (Å²) in [6.45, 7) is 0. The van der Waals surface area contributed by atoms with Crippen LogP contribution in [-0.2, 0) is 4.79 Å². The number of methoxy groups -OCH3 is 1. The number of nitrogens with one attached hydrogen (secondary N) is 2. The van der Waals surface area contributed by atoms with E-state index in [1.165, 1.54) is 43.6 Å². The van der Waals surface area contributed by atoms with Gasteiger partial charge in [-0.25, -0.2) is 0 Å². The molecule has 132 valence electrons. The molecule has 0 fully saturated rings. The van der Waals surface area contributed by atoms with Gasteiger partial charge in [-0.1, -0.05) is 0 Å². The number of carbonyl (C=O) groups is 1. The van der Waals surface area contributed by atoms with Crippen LogP contribution in [0.1, 0.15) is 0 Å².